The molecule has 0 aliphatic rings. The molecule has 0 aliphatic carbocycles. The van der Waals surface area contributed by atoms with E-state index in [0.717, 1.165) is 0 Å². The third-order valence-electron chi connectivity index (χ3n) is 1.57. The highest BCUT2D eigenvalue weighted by Gasteiger charge is 2.19. The highest BCUT2D eigenvalue weighted by molar-refractivity contribution is 6.05. The molecule has 0 aliphatic heterocycles. The first-order chi connectivity index (χ1) is 6.88. The molecule has 1 rings (SSSR count). The van der Waals surface area contributed by atoms with Crippen molar-refractivity contribution in [2.24, 2.45) is 0 Å². The van der Waals surface area contributed by atoms with Gasteiger partial charge in [0.25, 0.3) is 0 Å². The fourth-order valence-corrected chi connectivity index (χ4v) is 1.03. The van der Waals surface area contributed by atoms with Crippen LogP contribution in [0.5, 0.6) is 0 Å². The van der Waals surface area contributed by atoms with Gasteiger partial charge < -0.3 is 9.15 Å². The van der Waals surface area contributed by atoms with Gasteiger partial charge in [-0.15, -0.1) is 0 Å². The molecule has 0 radical (unpaired) electrons. The van der Waals surface area contributed by atoms with Crippen molar-refractivity contribution in [3.63, 3.8) is 0 Å². The maximum absolute atomic E-state index is 11.4. The molecule has 0 saturated heterocycles. The number of Topliss-reactive ketones (excluding diaryl/α,β-unsaturated/α-hetero) is 1. The van der Waals surface area contributed by atoms with Gasteiger partial charge in [0.1, 0.15) is 18.3 Å². The number of carbonyl (C=O) groups excluding carboxylic acids is 2. The summed E-state index contributed by atoms with van der Waals surface area (Å²) in [7, 11) is 0. The second kappa shape index (κ2) is 4.29. The van der Waals surface area contributed by atoms with E-state index in [9.17, 15) is 9.59 Å². The van der Waals surface area contributed by atoms with E-state index in [1.54, 1.807) is 20.8 Å². The van der Waals surface area contributed by atoms with E-state index in [0.29, 0.717) is 5.56 Å². The first-order valence-electron chi connectivity index (χ1n) is 4.66. The van der Waals surface area contributed by atoms with Gasteiger partial charge in [0.2, 0.25) is 0 Å². The summed E-state index contributed by atoms with van der Waals surface area (Å²) in [6.45, 7) is 5.27. The van der Waals surface area contributed by atoms with Crippen molar-refractivity contribution >= 4 is 11.8 Å². The van der Waals surface area contributed by atoms with Crippen molar-refractivity contribution in [1.82, 2.24) is 0 Å². The minimum atomic E-state index is -0.562. The molecule has 4 heteroatoms. The van der Waals surface area contributed by atoms with Crippen molar-refractivity contribution in [1.29, 1.82) is 0 Å². The first kappa shape index (κ1) is 11.5. The molecular formula is C11H14O4. The molecule has 0 fully saturated rings. The number of hydrogen-bond acceptors (Lipinski definition) is 4. The van der Waals surface area contributed by atoms with Crippen LogP contribution in [0.2, 0.25) is 0 Å². The van der Waals surface area contributed by atoms with Crippen LogP contribution in [0.4, 0.5) is 0 Å². The number of rotatable bonds is 3. The molecule has 0 bridgehead atoms. The van der Waals surface area contributed by atoms with Crippen molar-refractivity contribution in [3.8, 4) is 0 Å². The molecule has 0 N–H and O–H groups in total. The Morgan fingerprint density at radius 1 is 1.40 bits per heavy atom. The minimum Gasteiger partial charge on any atom is -0.472 e. The van der Waals surface area contributed by atoms with Gasteiger partial charge in [-0.25, -0.2) is 0 Å². The average molecular weight is 210 g/mol. The van der Waals surface area contributed by atoms with Crippen molar-refractivity contribution in [3.05, 3.63) is 24.2 Å². The lowest BCUT2D eigenvalue weighted by Crippen LogP contribution is -2.25. The summed E-state index contributed by atoms with van der Waals surface area (Å²) in [6, 6.07) is 1.52. The normalized spacial score (nSPS) is 11.1. The Kier molecular flexibility index (Phi) is 3.29. The zero-order valence-electron chi connectivity index (χ0n) is 9.07. The summed E-state index contributed by atoms with van der Waals surface area (Å²) in [6.07, 6.45) is 2.45. The maximum Gasteiger partial charge on any atom is 0.314 e. The third kappa shape index (κ3) is 3.97. The lowest BCUT2D eigenvalue weighted by atomic mass is 10.1. The molecule has 4 nitrogen and oxygen atoms in total. The van der Waals surface area contributed by atoms with E-state index in [1.165, 1.54) is 18.6 Å². The molecule has 1 heterocycles. The lowest BCUT2D eigenvalue weighted by Gasteiger charge is -2.18. The van der Waals surface area contributed by atoms with Crippen LogP contribution in [0.15, 0.2) is 23.0 Å². The largest absolute Gasteiger partial charge is 0.472 e. The average Bonchev–Trinajstić information content (AvgIpc) is 2.50. The van der Waals surface area contributed by atoms with E-state index < -0.39 is 11.6 Å². The zero-order chi connectivity index (χ0) is 11.5. The van der Waals surface area contributed by atoms with Gasteiger partial charge in [-0.1, -0.05) is 0 Å². The van der Waals surface area contributed by atoms with Crippen molar-refractivity contribution in [2.75, 3.05) is 0 Å². The van der Waals surface area contributed by atoms with Gasteiger partial charge in [-0.2, -0.15) is 0 Å². The van der Waals surface area contributed by atoms with Crippen LogP contribution in [0.25, 0.3) is 0 Å². The lowest BCUT2D eigenvalue weighted by molar-refractivity contribution is -0.153. The van der Waals surface area contributed by atoms with Gasteiger partial charge in [0.15, 0.2) is 5.78 Å². The smallest absolute Gasteiger partial charge is 0.314 e. The van der Waals surface area contributed by atoms with Crippen LogP contribution in [0.3, 0.4) is 0 Å². The molecule has 82 valence electrons. The molecule has 0 amide bonds. The van der Waals surface area contributed by atoms with Crippen LogP contribution in [0.1, 0.15) is 37.6 Å². The third-order valence-corrected chi connectivity index (χ3v) is 1.57. The second-order valence-electron chi connectivity index (χ2n) is 4.20. The standard InChI is InChI=1S/C11H14O4/c1-11(2,3)15-10(13)6-9(12)8-4-5-14-7-8/h4-5,7H,6H2,1-3H3. The SMILES string of the molecule is CC(C)(C)OC(=O)CC(=O)c1ccoc1. The number of ketones is 1. The van der Waals surface area contributed by atoms with Crippen LogP contribution in [-0.2, 0) is 9.53 Å². The quantitative estimate of drug-likeness (QED) is 0.436. The predicted molar refractivity (Wildman–Crippen MR) is 53.5 cm³/mol. The summed E-state index contributed by atoms with van der Waals surface area (Å²) in [5, 5.41) is 0. The Morgan fingerprint density at radius 3 is 2.53 bits per heavy atom. The number of carbonyl (C=O) groups is 2. The second-order valence-corrected chi connectivity index (χ2v) is 4.20. The van der Waals surface area contributed by atoms with Crippen molar-refractivity contribution < 1.29 is 18.7 Å². The number of ether oxygens (including phenoxy) is 1. The van der Waals surface area contributed by atoms with Gasteiger partial charge in [0.05, 0.1) is 11.8 Å². The highest BCUT2D eigenvalue weighted by Crippen LogP contribution is 2.10. The maximum atomic E-state index is 11.4. The van der Waals surface area contributed by atoms with Gasteiger partial charge in [-0.3, -0.25) is 9.59 Å². The molecule has 0 atom stereocenters. The Hall–Kier alpha value is -1.58. The molecular weight excluding hydrogens is 196 g/mol. The predicted octanol–water partition coefficient (Wildman–Crippen LogP) is 2.19. The molecule has 1 aromatic heterocycles. The fraction of sp³-hybridized carbons (Fsp3) is 0.455. The van der Waals surface area contributed by atoms with E-state index in [4.69, 9.17) is 9.15 Å². The fourth-order valence-electron chi connectivity index (χ4n) is 1.03. The van der Waals surface area contributed by atoms with Crippen LogP contribution < -0.4 is 0 Å². The topological polar surface area (TPSA) is 56.5 Å². The van der Waals surface area contributed by atoms with Crippen LogP contribution in [0, 0.1) is 0 Å². The van der Waals surface area contributed by atoms with E-state index >= 15 is 0 Å². The Bertz CT molecular complexity index is 343. The van der Waals surface area contributed by atoms with Gasteiger partial charge in [-0.05, 0) is 26.8 Å². The first-order valence-corrected chi connectivity index (χ1v) is 4.66. The number of furan rings is 1. The van der Waals surface area contributed by atoms with Crippen molar-refractivity contribution in [2.45, 2.75) is 32.8 Å². The monoisotopic (exact) mass is 210 g/mol. The molecule has 0 saturated carbocycles. The van der Waals surface area contributed by atoms with E-state index in [2.05, 4.69) is 0 Å². The Labute approximate surface area is 88.2 Å². The molecule has 1 aromatic rings. The van der Waals surface area contributed by atoms with Gasteiger partial charge in [0, 0.05) is 0 Å². The Morgan fingerprint density at radius 2 is 2.07 bits per heavy atom. The summed E-state index contributed by atoms with van der Waals surface area (Å²) in [5.74, 6) is -0.813. The summed E-state index contributed by atoms with van der Waals surface area (Å²) < 4.78 is 9.76. The Balaban J connectivity index is 2.50. The van der Waals surface area contributed by atoms with Crippen LogP contribution >= 0.6 is 0 Å². The summed E-state index contributed by atoms with van der Waals surface area (Å²) in [4.78, 5) is 22.7. The van der Waals surface area contributed by atoms with E-state index in [1.807, 2.05) is 0 Å². The molecule has 15 heavy (non-hydrogen) atoms. The molecule has 0 unspecified atom stereocenters. The van der Waals surface area contributed by atoms with Gasteiger partial charge >= 0.3 is 5.97 Å². The van der Waals surface area contributed by atoms with E-state index in [-0.39, 0.29) is 12.2 Å². The summed E-state index contributed by atoms with van der Waals surface area (Å²) in [5.41, 5.74) is -0.172. The number of esters is 1. The molecule has 0 spiro atoms. The zero-order valence-corrected chi connectivity index (χ0v) is 9.07. The molecule has 0 aromatic carbocycles. The van der Waals surface area contributed by atoms with Crippen LogP contribution in [-0.4, -0.2) is 17.4 Å². The summed E-state index contributed by atoms with van der Waals surface area (Å²) >= 11 is 0. The highest BCUT2D eigenvalue weighted by atomic mass is 16.6. The minimum absolute atomic E-state index is 0.253. The number of hydrogen-bond donors (Lipinski definition) is 0.